The summed E-state index contributed by atoms with van der Waals surface area (Å²) in [6.45, 7) is 5.97. The third-order valence-electron chi connectivity index (χ3n) is 4.41. The first-order valence-electron chi connectivity index (χ1n) is 10.4. The highest BCUT2D eigenvalue weighted by Crippen LogP contribution is 2.01. The molecule has 5 atom stereocenters. The van der Waals surface area contributed by atoms with E-state index in [0.29, 0.717) is 6.42 Å². The molecule has 0 bridgehead atoms. The summed E-state index contributed by atoms with van der Waals surface area (Å²) in [4.78, 5) is 64.5. The van der Waals surface area contributed by atoms with Crippen molar-refractivity contribution in [3.63, 3.8) is 0 Å². The number of rotatable bonds is 13. The molecule has 14 nitrogen and oxygen atoms in total. The lowest BCUT2D eigenvalue weighted by Gasteiger charge is -2.23. The summed E-state index contributed by atoms with van der Waals surface area (Å²) >= 11 is 0. The van der Waals surface area contributed by atoms with Crippen molar-refractivity contribution in [1.82, 2.24) is 21.3 Å². The Balaban J connectivity index is 5.18. The second-order valence-electron chi connectivity index (χ2n) is 7.51. The molecule has 0 aliphatic carbocycles. The van der Waals surface area contributed by atoms with E-state index in [9.17, 15) is 24.0 Å². The number of ether oxygens (including phenoxy) is 1. The molecule has 10 N–H and O–H groups in total. The van der Waals surface area contributed by atoms with E-state index in [2.05, 4.69) is 31.0 Å². The van der Waals surface area contributed by atoms with Crippen molar-refractivity contribution in [1.29, 1.82) is 0 Å². The van der Waals surface area contributed by atoms with Gasteiger partial charge in [0.15, 0.2) is 5.96 Å². The topological polar surface area (TPSA) is 233 Å². The highest BCUT2D eigenvalue weighted by atomic mass is 16.5. The molecular weight excluding hydrogens is 436 g/mol. The molecule has 0 saturated heterocycles. The van der Waals surface area contributed by atoms with E-state index in [1.807, 2.05) is 0 Å². The van der Waals surface area contributed by atoms with Crippen molar-refractivity contribution in [2.45, 2.75) is 70.7 Å². The highest BCUT2D eigenvalue weighted by Gasteiger charge is 2.27. The van der Waals surface area contributed by atoms with Gasteiger partial charge in [0.1, 0.15) is 24.2 Å². The smallest absolute Gasteiger partial charge is 0.328 e. The van der Waals surface area contributed by atoms with E-state index in [-0.39, 0.29) is 18.9 Å². The minimum absolute atomic E-state index is 0.114. The maximum atomic E-state index is 12.8. The van der Waals surface area contributed by atoms with Gasteiger partial charge in [0.25, 0.3) is 0 Å². The first kappa shape index (κ1) is 29.6. The van der Waals surface area contributed by atoms with Crippen LogP contribution in [0.3, 0.4) is 0 Å². The van der Waals surface area contributed by atoms with Crippen LogP contribution >= 0.6 is 0 Å². The standard InChI is InChI=1S/C19H36N8O6/c1-9(20)14(28)24-11(3)16(30)27-13(7-6-8-23-19(21)22)17(31)25-10(2)15(29)26-12(4)18(32)33-5/h9-13H,6-8,20H2,1-5H3,(H,24,28)(H,25,31)(H,26,29)(H,27,30)(H4,21,22,23)/t9-,10-,11-,12-,13-/m0/s1. The first-order valence-corrected chi connectivity index (χ1v) is 10.4. The second kappa shape index (κ2) is 14.6. The Hall–Kier alpha value is -3.42. The van der Waals surface area contributed by atoms with Crippen molar-refractivity contribution in [2.75, 3.05) is 13.7 Å². The van der Waals surface area contributed by atoms with Crippen LogP contribution in [-0.2, 0) is 28.7 Å². The zero-order valence-electron chi connectivity index (χ0n) is 19.6. The van der Waals surface area contributed by atoms with E-state index in [4.69, 9.17) is 17.2 Å². The lowest BCUT2D eigenvalue weighted by molar-refractivity contribution is -0.144. The van der Waals surface area contributed by atoms with Crippen molar-refractivity contribution in [2.24, 2.45) is 22.2 Å². The van der Waals surface area contributed by atoms with Crippen LogP contribution in [0, 0.1) is 0 Å². The van der Waals surface area contributed by atoms with Crippen LogP contribution in [0.4, 0.5) is 0 Å². The number of nitrogens with zero attached hydrogens (tertiary/aromatic N) is 1. The average Bonchev–Trinajstić information content (AvgIpc) is 2.74. The van der Waals surface area contributed by atoms with Gasteiger partial charge in [0.05, 0.1) is 13.2 Å². The molecule has 0 saturated carbocycles. The monoisotopic (exact) mass is 472 g/mol. The van der Waals surface area contributed by atoms with Crippen LogP contribution < -0.4 is 38.5 Å². The van der Waals surface area contributed by atoms with Gasteiger partial charge in [0.2, 0.25) is 23.6 Å². The van der Waals surface area contributed by atoms with Crippen LogP contribution in [0.1, 0.15) is 40.5 Å². The number of carbonyl (C=O) groups is 5. The van der Waals surface area contributed by atoms with Crippen molar-refractivity contribution in [3.05, 3.63) is 0 Å². The Kier molecular flexibility index (Phi) is 13.1. The number of carbonyl (C=O) groups excluding carboxylic acids is 5. The van der Waals surface area contributed by atoms with Gasteiger partial charge in [-0.3, -0.25) is 24.2 Å². The van der Waals surface area contributed by atoms with Gasteiger partial charge in [-0.1, -0.05) is 0 Å². The molecule has 0 fully saturated rings. The summed E-state index contributed by atoms with van der Waals surface area (Å²) in [5.74, 6) is -3.18. The lowest BCUT2D eigenvalue weighted by atomic mass is 10.1. The minimum atomic E-state index is -1.05. The summed E-state index contributed by atoms with van der Waals surface area (Å²) in [6.07, 6.45) is 0.492. The fourth-order valence-corrected chi connectivity index (χ4v) is 2.43. The van der Waals surface area contributed by atoms with Gasteiger partial charge in [-0.25, -0.2) is 4.79 Å². The first-order chi connectivity index (χ1) is 15.3. The summed E-state index contributed by atoms with van der Waals surface area (Å²) < 4.78 is 4.54. The van der Waals surface area contributed by atoms with Gasteiger partial charge < -0.3 is 43.2 Å². The number of methoxy groups -OCH3 is 1. The third-order valence-corrected chi connectivity index (χ3v) is 4.41. The molecular formula is C19H36N8O6. The summed E-state index contributed by atoms with van der Waals surface area (Å²) in [5.41, 5.74) is 16.0. The van der Waals surface area contributed by atoms with Crippen LogP contribution in [0.2, 0.25) is 0 Å². The van der Waals surface area contributed by atoms with Crippen LogP contribution in [0.5, 0.6) is 0 Å². The Labute approximate surface area is 192 Å². The van der Waals surface area contributed by atoms with Gasteiger partial charge >= 0.3 is 5.97 Å². The molecule has 0 radical (unpaired) electrons. The predicted octanol–water partition coefficient (Wildman–Crippen LogP) is -3.44. The number of guanidine groups is 1. The van der Waals surface area contributed by atoms with Crippen LogP contribution in [0.15, 0.2) is 4.99 Å². The van der Waals surface area contributed by atoms with Crippen LogP contribution in [0.25, 0.3) is 0 Å². The molecule has 0 rings (SSSR count). The summed E-state index contributed by atoms with van der Waals surface area (Å²) in [7, 11) is 1.18. The minimum Gasteiger partial charge on any atom is -0.467 e. The second-order valence-corrected chi connectivity index (χ2v) is 7.51. The van der Waals surface area contributed by atoms with Gasteiger partial charge in [-0.15, -0.1) is 0 Å². The van der Waals surface area contributed by atoms with E-state index >= 15 is 0 Å². The molecule has 188 valence electrons. The molecule has 0 aliphatic heterocycles. The zero-order valence-corrected chi connectivity index (χ0v) is 19.6. The summed E-state index contributed by atoms with van der Waals surface area (Å²) in [5, 5.41) is 9.86. The number of amides is 4. The fraction of sp³-hybridized carbons (Fsp3) is 0.684. The molecule has 0 spiro atoms. The maximum absolute atomic E-state index is 12.8. The summed E-state index contributed by atoms with van der Waals surface area (Å²) in [6, 6.07) is -4.75. The SMILES string of the molecule is COC(=O)[C@H](C)NC(=O)[C@H](C)NC(=O)[C@H](CCCN=C(N)N)NC(=O)[C@H](C)NC(=O)[C@H](C)N. The molecule has 33 heavy (non-hydrogen) atoms. The van der Waals surface area contributed by atoms with E-state index in [1.54, 1.807) is 0 Å². The molecule has 4 amide bonds. The van der Waals surface area contributed by atoms with Crippen molar-refractivity contribution < 1.29 is 28.7 Å². The molecule has 14 heteroatoms. The molecule has 0 aromatic carbocycles. The largest absolute Gasteiger partial charge is 0.467 e. The Morgan fingerprint density at radius 1 is 0.788 bits per heavy atom. The van der Waals surface area contributed by atoms with Gasteiger partial charge in [-0.2, -0.15) is 0 Å². The third kappa shape index (κ3) is 11.7. The number of nitrogens with one attached hydrogen (secondary N) is 4. The Morgan fingerprint density at radius 2 is 1.27 bits per heavy atom. The predicted molar refractivity (Wildman–Crippen MR) is 120 cm³/mol. The lowest BCUT2D eigenvalue weighted by Crippen LogP contribution is -2.57. The van der Waals surface area contributed by atoms with Crippen molar-refractivity contribution >= 4 is 35.6 Å². The molecule has 0 aromatic rings. The normalized spacial score (nSPS) is 15.0. The highest BCUT2D eigenvalue weighted by molar-refractivity contribution is 5.95. The average molecular weight is 473 g/mol. The maximum Gasteiger partial charge on any atom is 0.328 e. The number of nitrogens with two attached hydrogens (primary N) is 3. The van der Waals surface area contributed by atoms with E-state index in [0.717, 1.165) is 0 Å². The number of hydrogen-bond acceptors (Lipinski definition) is 8. The Bertz CT molecular complexity index is 738. The molecule has 0 aromatic heterocycles. The van der Waals surface area contributed by atoms with Gasteiger partial charge in [-0.05, 0) is 40.5 Å². The number of aliphatic imine (C=N–C) groups is 1. The molecule has 0 aliphatic rings. The molecule has 0 unspecified atom stereocenters. The Morgan fingerprint density at radius 3 is 1.76 bits per heavy atom. The fourth-order valence-electron chi connectivity index (χ4n) is 2.43. The van der Waals surface area contributed by atoms with E-state index < -0.39 is 59.8 Å². The zero-order chi connectivity index (χ0) is 25.7. The van der Waals surface area contributed by atoms with Gasteiger partial charge in [0, 0.05) is 6.54 Å². The van der Waals surface area contributed by atoms with Crippen molar-refractivity contribution in [3.8, 4) is 0 Å². The quantitative estimate of drug-likeness (QED) is 0.0610. The number of esters is 1. The molecule has 0 heterocycles. The number of hydrogen-bond donors (Lipinski definition) is 7. The van der Waals surface area contributed by atoms with E-state index in [1.165, 1.54) is 34.8 Å². The van der Waals surface area contributed by atoms with Crippen LogP contribution in [-0.4, -0.2) is 79.4 Å².